The number of hydrogen-bond donors (Lipinski definition) is 2. The molecule has 64 heavy (non-hydrogen) atoms. The van der Waals surface area contributed by atoms with Crippen LogP contribution in [0, 0.1) is 13.8 Å². The van der Waals surface area contributed by atoms with E-state index in [0.29, 0.717) is 17.9 Å². The summed E-state index contributed by atoms with van der Waals surface area (Å²) in [7, 11) is 0. The van der Waals surface area contributed by atoms with Crippen molar-refractivity contribution in [2.45, 2.75) is 155 Å². The van der Waals surface area contributed by atoms with Crippen molar-refractivity contribution in [1.82, 2.24) is 0 Å². The van der Waals surface area contributed by atoms with Crippen molar-refractivity contribution in [3.63, 3.8) is 0 Å². The lowest BCUT2D eigenvalue weighted by Gasteiger charge is -2.29. The van der Waals surface area contributed by atoms with Crippen LogP contribution in [0.15, 0.2) is 108 Å². The van der Waals surface area contributed by atoms with Gasteiger partial charge < -0.3 is 19.7 Å². The van der Waals surface area contributed by atoms with Crippen LogP contribution in [0.5, 0.6) is 23.0 Å². The Kier molecular flexibility index (Phi) is 13.2. The number of para-hydroxylation sites is 2. The van der Waals surface area contributed by atoms with Gasteiger partial charge in [-0.2, -0.15) is 0 Å². The summed E-state index contributed by atoms with van der Waals surface area (Å²) in [5.41, 5.74) is 19.7. The normalized spacial score (nSPS) is 18.5. The quantitative estimate of drug-likeness (QED) is 0.147. The van der Waals surface area contributed by atoms with Gasteiger partial charge in [-0.3, -0.25) is 0 Å². The average Bonchev–Trinajstić information content (AvgIpc) is 3.29. The molecule has 4 nitrogen and oxygen atoms in total. The molecule has 0 amide bonds. The third kappa shape index (κ3) is 9.08. The maximum atomic E-state index is 12.3. The zero-order chi connectivity index (χ0) is 44.3. The van der Waals surface area contributed by atoms with Gasteiger partial charge in [-0.1, -0.05) is 61.5 Å². The predicted octanol–water partition coefficient (Wildman–Crippen LogP) is 15.9. The summed E-state index contributed by atoms with van der Waals surface area (Å²) in [5.74, 6) is 2.12. The monoisotopic (exact) mass is 853 g/mol. The third-order valence-electron chi connectivity index (χ3n) is 14.4. The Labute approximate surface area is 382 Å². The van der Waals surface area contributed by atoms with Crippen LogP contribution in [0.1, 0.15) is 143 Å². The molecule has 332 valence electrons. The van der Waals surface area contributed by atoms with E-state index >= 15 is 0 Å². The molecule has 2 N–H and O–H groups in total. The van der Waals surface area contributed by atoms with Crippen molar-refractivity contribution in [2.24, 2.45) is 0 Å². The summed E-state index contributed by atoms with van der Waals surface area (Å²) in [5, 5.41) is 24.7. The van der Waals surface area contributed by atoms with Crippen molar-refractivity contribution in [3.8, 4) is 56.4 Å². The fraction of sp³-hybridized carbons (Fsp3) is 0.400. The first-order chi connectivity index (χ1) is 31.1. The molecule has 0 saturated heterocycles. The van der Waals surface area contributed by atoms with E-state index in [2.05, 4.69) is 82.8 Å². The second kappa shape index (κ2) is 19.3. The first-order valence-corrected chi connectivity index (χ1v) is 24.6. The van der Waals surface area contributed by atoms with Crippen molar-refractivity contribution >= 4 is 5.57 Å². The number of phenols is 2. The van der Waals surface area contributed by atoms with Crippen molar-refractivity contribution in [2.75, 3.05) is 0 Å². The summed E-state index contributed by atoms with van der Waals surface area (Å²) in [6.45, 7) is 13.1. The maximum Gasteiger partial charge on any atom is 0.131 e. The molecular formula is C60H68O4. The fourth-order valence-electron chi connectivity index (χ4n) is 11.5. The second-order valence-electron chi connectivity index (χ2n) is 19.4. The first kappa shape index (κ1) is 43.8. The standard InChI is InChI=1S/C60H68O4/c1-38-32-51(59(61)53(34-38)57-40(3)20-8-6-7-9-21-43-22-10-13-25-46(43)57)49-28-16-18-30-55(49)63-41(4)36-42(5)64-56-31-19-17-29-50(56)52-33-39(2)35-54(60(52)62)58-47-26-14-11-23-44(47)37-45-24-12-15-27-48(45)58/h16-19,21,28-35,37,41-42,61-62H,3,6-15,20,22-27,36H2,1-2,4-5H3/b43-21-,57-46?/t41?,42-/m1/s1. The summed E-state index contributed by atoms with van der Waals surface area (Å²) in [6.07, 6.45) is 22.1. The van der Waals surface area contributed by atoms with Crippen LogP contribution in [0.4, 0.5) is 0 Å². The molecule has 5 aromatic carbocycles. The summed E-state index contributed by atoms with van der Waals surface area (Å²) < 4.78 is 13.6. The largest absolute Gasteiger partial charge is 0.507 e. The molecule has 1 unspecified atom stereocenters. The van der Waals surface area contributed by atoms with E-state index in [4.69, 9.17) is 9.47 Å². The average molecular weight is 853 g/mol. The number of aryl methyl sites for hydroxylation is 4. The Balaban J connectivity index is 0.982. The minimum Gasteiger partial charge on any atom is -0.507 e. The van der Waals surface area contributed by atoms with E-state index in [1.165, 1.54) is 83.9 Å². The number of benzene rings is 5. The van der Waals surface area contributed by atoms with Crippen LogP contribution >= 0.6 is 0 Å². The highest BCUT2D eigenvalue weighted by molar-refractivity contribution is 5.91. The minimum absolute atomic E-state index is 0.188. The number of ether oxygens (including phenoxy) is 2. The fourth-order valence-corrected chi connectivity index (χ4v) is 11.5. The van der Waals surface area contributed by atoms with Gasteiger partial charge in [0.1, 0.15) is 23.0 Å². The number of allylic oxidation sites excluding steroid dienone is 5. The molecule has 1 fully saturated rings. The lowest BCUT2D eigenvalue weighted by Crippen LogP contribution is -2.23. The van der Waals surface area contributed by atoms with Gasteiger partial charge in [0.05, 0.1) is 12.2 Å². The molecule has 4 aliphatic carbocycles. The van der Waals surface area contributed by atoms with E-state index in [1.807, 2.05) is 36.4 Å². The SMILES string of the molecule is C=C1CCCCC/C=C2/CCCCC2=C1c1cc(C)cc(-c2ccccc2OC(C)C[C@@H](C)Oc2ccccc2-c2cc(C)cc(-c3c4c(cc5c3CCCC5)CCCC4)c2O)c1O. The molecular weight excluding hydrogens is 785 g/mol. The number of hydrogen-bond acceptors (Lipinski definition) is 4. The van der Waals surface area contributed by atoms with E-state index in [1.54, 1.807) is 0 Å². The van der Waals surface area contributed by atoms with E-state index in [-0.39, 0.29) is 12.2 Å². The van der Waals surface area contributed by atoms with Crippen LogP contribution in [0.2, 0.25) is 0 Å². The van der Waals surface area contributed by atoms with Crippen molar-refractivity contribution < 1.29 is 19.7 Å². The molecule has 0 radical (unpaired) electrons. The molecule has 5 aromatic rings. The summed E-state index contributed by atoms with van der Waals surface area (Å²) in [4.78, 5) is 0. The van der Waals surface area contributed by atoms with E-state index in [9.17, 15) is 10.2 Å². The maximum absolute atomic E-state index is 12.3. The number of rotatable bonds is 10. The molecule has 2 atom stereocenters. The smallest absolute Gasteiger partial charge is 0.131 e. The van der Waals surface area contributed by atoms with E-state index in [0.717, 1.165) is 131 Å². The molecule has 4 heteroatoms. The summed E-state index contributed by atoms with van der Waals surface area (Å²) >= 11 is 0. The minimum atomic E-state index is -0.193. The predicted molar refractivity (Wildman–Crippen MR) is 266 cm³/mol. The number of phenolic OH excluding ortho intramolecular Hbond substituents is 2. The first-order valence-electron chi connectivity index (χ1n) is 24.6. The molecule has 0 bridgehead atoms. The highest BCUT2D eigenvalue weighted by Crippen LogP contribution is 2.49. The second-order valence-corrected chi connectivity index (χ2v) is 19.4. The lowest BCUT2D eigenvalue weighted by molar-refractivity contribution is 0.131. The van der Waals surface area contributed by atoms with Gasteiger partial charge in [0.25, 0.3) is 0 Å². The van der Waals surface area contributed by atoms with Crippen LogP contribution in [0.25, 0.3) is 39.0 Å². The van der Waals surface area contributed by atoms with Crippen LogP contribution < -0.4 is 9.47 Å². The van der Waals surface area contributed by atoms with Gasteiger partial charge in [0.2, 0.25) is 0 Å². The van der Waals surface area contributed by atoms with E-state index < -0.39 is 0 Å². The van der Waals surface area contributed by atoms with Crippen LogP contribution in [0.3, 0.4) is 0 Å². The Morgan fingerprint density at radius 1 is 0.531 bits per heavy atom. The van der Waals surface area contributed by atoms with Gasteiger partial charge in [0, 0.05) is 39.8 Å². The molecule has 1 saturated carbocycles. The Morgan fingerprint density at radius 2 is 1.03 bits per heavy atom. The Hall–Kier alpha value is -5.48. The van der Waals surface area contributed by atoms with Gasteiger partial charge in [-0.15, -0.1) is 0 Å². The van der Waals surface area contributed by atoms with Gasteiger partial charge in [0.15, 0.2) is 0 Å². The molecule has 0 heterocycles. The number of aromatic hydroxyl groups is 2. The molecule has 0 aliphatic heterocycles. The Bertz CT molecular complexity index is 2590. The van der Waals surface area contributed by atoms with Crippen molar-refractivity contribution in [1.29, 1.82) is 0 Å². The highest BCUT2D eigenvalue weighted by Gasteiger charge is 2.28. The van der Waals surface area contributed by atoms with Crippen LogP contribution in [-0.2, 0) is 25.7 Å². The third-order valence-corrected chi connectivity index (χ3v) is 14.4. The lowest BCUT2D eigenvalue weighted by atomic mass is 9.76. The number of fused-ring (bicyclic) bond motifs is 3. The molecule has 0 spiro atoms. The van der Waals surface area contributed by atoms with Gasteiger partial charge >= 0.3 is 0 Å². The van der Waals surface area contributed by atoms with Gasteiger partial charge in [-0.05, 0) is 228 Å². The molecule has 9 rings (SSSR count). The topological polar surface area (TPSA) is 58.9 Å². The molecule has 0 aromatic heterocycles. The molecule has 4 aliphatic rings. The van der Waals surface area contributed by atoms with Crippen molar-refractivity contribution in [3.05, 3.63) is 147 Å². The highest BCUT2D eigenvalue weighted by atomic mass is 16.5. The zero-order valence-electron chi connectivity index (χ0n) is 38.9. The summed E-state index contributed by atoms with van der Waals surface area (Å²) in [6, 6.07) is 27.3. The Morgan fingerprint density at radius 3 is 1.66 bits per heavy atom. The van der Waals surface area contributed by atoms with Crippen LogP contribution in [-0.4, -0.2) is 22.4 Å². The van der Waals surface area contributed by atoms with Gasteiger partial charge in [-0.25, -0.2) is 0 Å². The zero-order valence-corrected chi connectivity index (χ0v) is 38.9.